The van der Waals surface area contributed by atoms with Crippen LogP contribution < -0.4 is 15.4 Å². The third-order valence-electron chi connectivity index (χ3n) is 2.13. The molecule has 1 aromatic rings. The van der Waals surface area contributed by atoms with Gasteiger partial charge in [0, 0.05) is 6.54 Å². The lowest BCUT2D eigenvalue weighted by Crippen LogP contribution is -2.33. The first-order valence-electron chi connectivity index (χ1n) is 4.56. The van der Waals surface area contributed by atoms with Crippen molar-refractivity contribution in [3.05, 3.63) is 24.8 Å². The first-order chi connectivity index (χ1) is 6.81. The van der Waals surface area contributed by atoms with Gasteiger partial charge < -0.3 is 15.4 Å². The number of pyridine rings is 1. The van der Waals surface area contributed by atoms with E-state index in [1.807, 2.05) is 12.1 Å². The predicted octanol–water partition coefficient (Wildman–Crippen LogP) is 1.05. The summed E-state index contributed by atoms with van der Waals surface area (Å²) in [5.41, 5.74) is 5.62. The van der Waals surface area contributed by atoms with Crippen LogP contribution in [0.5, 0.6) is 5.75 Å². The van der Waals surface area contributed by atoms with Crippen molar-refractivity contribution in [3.63, 3.8) is 0 Å². The fourth-order valence-electron chi connectivity index (χ4n) is 1.49. The molecule has 14 heavy (non-hydrogen) atoms. The van der Waals surface area contributed by atoms with Crippen molar-refractivity contribution in [1.82, 2.24) is 4.98 Å². The molecule has 0 amide bonds. The van der Waals surface area contributed by atoms with E-state index in [0.717, 1.165) is 24.7 Å². The molecule has 0 saturated carbocycles. The number of nitrogen functional groups attached to an aromatic ring is 1. The van der Waals surface area contributed by atoms with E-state index >= 15 is 0 Å². The molecule has 1 aliphatic heterocycles. The molecule has 2 rings (SSSR count). The maximum Gasteiger partial charge on any atom is 0.173 e. The van der Waals surface area contributed by atoms with Gasteiger partial charge >= 0.3 is 0 Å². The summed E-state index contributed by atoms with van der Waals surface area (Å²) in [6.45, 7) is 6.00. The Labute approximate surface area is 83.0 Å². The lowest BCUT2D eigenvalue weighted by atomic mass is 10.3. The summed E-state index contributed by atoms with van der Waals surface area (Å²) in [4.78, 5) is 6.34. The number of aromatic nitrogens is 1. The predicted molar refractivity (Wildman–Crippen MR) is 56.6 cm³/mol. The highest BCUT2D eigenvalue weighted by atomic mass is 16.5. The van der Waals surface area contributed by atoms with Gasteiger partial charge in [-0.05, 0) is 12.1 Å². The van der Waals surface area contributed by atoms with Gasteiger partial charge in [0.05, 0.1) is 6.54 Å². The molecule has 74 valence electrons. The van der Waals surface area contributed by atoms with Crippen molar-refractivity contribution in [1.29, 1.82) is 0 Å². The zero-order valence-corrected chi connectivity index (χ0v) is 7.94. The minimum Gasteiger partial charge on any atom is -0.488 e. The zero-order chi connectivity index (χ0) is 9.97. The van der Waals surface area contributed by atoms with Crippen LogP contribution in [0.3, 0.4) is 0 Å². The molecule has 4 nitrogen and oxygen atoms in total. The number of rotatable bonds is 2. The lowest BCUT2D eigenvalue weighted by molar-refractivity contribution is 0.307. The Balaban J connectivity index is 2.36. The van der Waals surface area contributed by atoms with Crippen LogP contribution in [0, 0.1) is 0 Å². The summed E-state index contributed by atoms with van der Waals surface area (Å²) >= 11 is 0. The Bertz CT molecular complexity index is 351. The van der Waals surface area contributed by atoms with Crippen LogP contribution in [-0.2, 0) is 0 Å². The number of hydrogen-bond donors (Lipinski definition) is 1. The van der Waals surface area contributed by atoms with Crippen LogP contribution in [0.2, 0.25) is 0 Å². The van der Waals surface area contributed by atoms with E-state index in [4.69, 9.17) is 10.5 Å². The Morgan fingerprint density at radius 1 is 1.64 bits per heavy atom. The van der Waals surface area contributed by atoms with Crippen molar-refractivity contribution in [2.45, 2.75) is 0 Å². The molecule has 0 bridgehead atoms. The number of ether oxygens (including phenoxy) is 1. The fourth-order valence-corrected chi connectivity index (χ4v) is 1.49. The normalized spacial score (nSPS) is 14.4. The second-order valence-corrected chi connectivity index (χ2v) is 3.14. The van der Waals surface area contributed by atoms with Gasteiger partial charge in [0.1, 0.15) is 12.4 Å². The largest absolute Gasteiger partial charge is 0.488 e. The van der Waals surface area contributed by atoms with E-state index in [0.29, 0.717) is 12.4 Å². The highest BCUT2D eigenvalue weighted by Crippen LogP contribution is 2.29. The second kappa shape index (κ2) is 3.57. The summed E-state index contributed by atoms with van der Waals surface area (Å²) in [6.07, 6.45) is 1.85. The molecule has 1 aliphatic rings. The van der Waals surface area contributed by atoms with Crippen molar-refractivity contribution in [3.8, 4) is 5.75 Å². The zero-order valence-electron chi connectivity index (χ0n) is 7.94. The van der Waals surface area contributed by atoms with Gasteiger partial charge in [0.15, 0.2) is 11.6 Å². The average Bonchev–Trinajstić information content (AvgIpc) is 2.19. The molecule has 0 aliphatic carbocycles. The maximum absolute atomic E-state index is 5.62. The van der Waals surface area contributed by atoms with Crippen molar-refractivity contribution < 1.29 is 4.74 Å². The molecule has 0 spiro atoms. The van der Waals surface area contributed by atoms with Gasteiger partial charge in [-0.25, -0.2) is 4.98 Å². The highest BCUT2D eigenvalue weighted by molar-refractivity contribution is 5.57. The molecule has 1 aromatic heterocycles. The molecule has 0 radical (unpaired) electrons. The average molecular weight is 191 g/mol. The number of hydrogen-bond acceptors (Lipinski definition) is 4. The van der Waals surface area contributed by atoms with E-state index in [9.17, 15) is 0 Å². The van der Waals surface area contributed by atoms with Gasteiger partial charge in [0.25, 0.3) is 0 Å². The summed E-state index contributed by atoms with van der Waals surface area (Å²) in [5.74, 6) is 2.13. The SMILES string of the molecule is C=CCN1CCOc2ccc(N)nc21. The summed E-state index contributed by atoms with van der Waals surface area (Å²) in [6, 6.07) is 3.60. The highest BCUT2D eigenvalue weighted by Gasteiger charge is 2.18. The molecule has 0 unspecified atom stereocenters. The van der Waals surface area contributed by atoms with Crippen molar-refractivity contribution in [2.24, 2.45) is 0 Å². The standard InChI is InChI=1S/C10H13N3O/c1-2-5-13-6-7-14-8-3-4-9(11)12-10(8)13/h2-4H,1,5-7H2,(H2,11,12). The summed E-state index contributed by atoms with van der Waals surface area (Å²) < 4.78 is 5.46. The molecular formula is C10H13N3O. The first-order valence-corrected chi connectivity index (χ1v) is 4.56. The molecule has 0 atom stereocenters. The van der Waals surface area contributed by atoms with Crippen LogP contribution in [0.4, 0.5) is 11.6 Å². The van der Waals surface area contributed by atoms with Gasteiger partial charge in [-0.2, -0.15) is 0 Å². The first kappa shape index (κ1) is 8.87. The molecule has 2 heterocycles. The number of nitrogens with zero attached hydrogens (tertiary/aromatic N) is 2. The van der Waals surface area contributed by atoms with E-state index in [-0.39, 0.29) is 0 Å². The van der Waals surface area contributed by atoms with Crippen molar-refractivity contribution >= 4 is 11.6 Å². The smallest absolute Gasteiger partial charge is 0.173 e. The Kier molecular flexibility index (Phi) is 2.26. The maximum atomic E-state index is 5.62. The molecule has 2 N–H and O–H groups in total. The van der Waals surface area contributed by atoms with Gasteiger partial charge in [-0.3, -0.25) is 0 Å². The minimum atomic E-state index is 0.517. The summed E-state index contributed by atoms with van der Waals surface area (Å²) in [5, 5.41) is 0. The molecule has 4 heteroatoms. The van der Waals surface area contributed by atoms with E-state index in [2.05, 4.69) is 16.5 Å². The van der Waals surface area contributed by atoms with Crippen LogP contribution in [0.25, 0.3) is 0 Å². The molecule has 0 saturated heterocycles. The topological polar surface area (TPSA) is 51.4 Å². The number of fused-ring (bicyclic) bond motifs is 1. The second-order valence-electron chi connectivity index (χ2n) is 3.14. The van der Waals surface area contributed by atoms with Crippen LogP contribution in [-0.4, -0.2) is 24.7 Å². The Hall–Kier alpha value is -1.71. The number of nitrogens with two attached hydrogens (primary N) is 1. The van der Waals surface area contributed by atoms with E-state index in [1.165, 1.54) is 0 Å². The van der Waals surface area contributed by atoms with Gasteiger partial charge in [-0.15, -0.1) is 6.58 Å². The summed E-state index contributed by atoms with van der Waals surface area (Å²) in [7, 11) is 0. The third-order valence-corrected chi connectivity index (χ3v) is 2.13. The van der Waals surface area contributed by atoms with E-state index in [1.54, 1.807) is 6.07 Å². The Morgan fingerprint density at radius 2 is 2.50 bits per heavy atom. The minimum absolute atomic E-state index is 0.517. The third kappa shape index (κ3) is 1.51. The fraction of sp³-hybridized carbons (Fsp3) is 0.300. The van der Waals surface area contributed by atoms with Crippen LogP contribution in [0.1, 0.15) is 0 Å². The van der Waals surface area contributed by atoms with Crippen LogP contribution in [0.15, 0.2) is 24.8 Å². The van der Waals surface area contributed by atoms with E-state index < -0.39 is 0 Å². The van der Waals surface area contributed by atoms with Gasteiger partial charge in [-0.1, -0.05) is 6.08 Å². The van der Waals surface area contributed by atoms with Crippen molar-refractivity contribution in [2.75, 3.05) is 30.3 Å². The Morgan fingerprint density at radius 3 is 3.29 bits per heavy atom. The van der Waals surface area contributed by atoms with Gasteiger partial charge in [0.2, 0.25) is 0 Å². The lowest BCUT2D eigenvalue weighted by Gasteiger charge is -2.29. The molecule has 0 fully saturated rings. The molecular weight excluding hydrogens is 178 g/mol. The molecule has 0 aromatic carbocycles. The number of anilines is 2. The van der Waals surface area contributed by atoms with Crippen LogP contribution >= 0.6 is 0 Å². The monoisotopic (exact) mass is 191 g/mol. The quantitative estimate of drug-likeness (QED) is 0.710.